The van der Waals surface area contributed by atoms with Crippen molar-refractivity contribution < 1.29 is 14.7 Å². The zero-order chi connectivity index (χ0) is 18.5. The number of rotatable bonds is 4. The number of carbonyl (C=O) groups is 2. The normalized spacial score (nSPS) is 21.5. The van der Waals surface area contributed by atoms with E-state index < -0.39 is 5.97 Å². The van der Waals surface area contributed by atoms with Gasteiger partial charge in [0.25, 0.3) is 0 Å². The lowest BCUT2D eigenvalue weighted by molar-refractivity contribution is -0.143. The van der Waals surface area contributed by atoms with Crippen LogP contribution in [0, 0.1) is 5.92 Å². The summed E-state index contributed by atoms with van der Waals surface area (Å²) in [5.41, 5.74) is 1.02. The fraction of sp³-hybridized carbons (Fsp3) is 0.667. The van der Waals surface area contributed by atoms with Crippen LogP contribution in [0.25, 0.3) is 0 Å². The maximum atomic E-state index is 12.5. The molecule has 0 saturated carbocycles. The molecule has 3 heterocycles. The lowest BCUT2D eigenvalue weighted by atomic mass is 9.97. The molecule has 1 unspecified atom stereocenters. The monoisotopic (exact) mass is 361 g/mol. The van der Waals surface area contributed by atoms with E-state index in [0.717, 1.165) is 43.9 Å². The molecule has 1 aromatic rings. The number of hydrogen-bond donors (Lipinski definition) is 2. The van der Waals surface area contributed by atoms with E-state index in [1.807, 2.05) is 6.07 Å². The van der Waals surface area contributed by atoms with E-state index in [9.17, 15) is 9.59 Å². The molecular weight excluding hydrogens is 334 g/mol. The molecule has 1 atom stereocenters. The van der Waals surface area contributed by atoms with E-state index in [4.69, 9.17) is 5.11 Å². The van der Waals surface area contributed by atoms with Gasteiger partial charge in [0, 0.05) is 44.0 Å². The number of aromatic nitrogens is 2. The third kappa shape index (κ3) is 4.42. The van der Waals surface area contributed by atoms with Crippen molar-refractivity contribution in [2.24, 2.45) is 5.92 Å². The molecule has 0 spiro atoms. The third-order valence-electron chi connectivity index (χ3n) is 5.28. The van der Waals surface area contributed by atoms with Gasteiger partial charge in [-0.1, -0.05) is 6.92 Å². The van der Waals surface area contributed by atoms with Crippen LogP contribution in [0.3, 0.4) is 0 Å². The number of nitrogens with zero attached hydrogens (tertiary/aromatic N) is 4. The van der Waals surface area contributed by atoms with Crippen LogP contribution in [0.4, 0.5) is 10.6 Å². The highest BCUT2D eigenvalue weighted by Gasteiger charge is 2.29. The van der Waals surface area contributed by atoms with Crippen LogP contribution < -0.4 is 10.2 Å². The van der Waals surface area contributed by atoms with Crippen LogP contribution in [0.15, 0.2) is 12.4 Å². The first-order valence-corrected chi connectivity index (χ1v) is 9.41. The zero-order valence-corrected chi connectivity index (χ0v) is 15.2. The fourth-order valence-electron chi connectivity index (χ4n) is 3.65. The Morgan fingerprint density at radius 3 is 2.69 bits per heavy atom. The number of amides is 2. The molecule has 2 fully saturated rings. The van der Waals surface area contributed by atoms with Crippen LogP contribution in [0.5, 0.6) is 0 Å². The Morgan fingerprint density at radius 1 is 1.23 bits per heavy atom. The van der Waals surface area contributed by atoms with Gasteiger partial charge < -0.3 is 20.2 Å². The number of carboxylic acid groups (broad SMARTS) is 1. The first kappa shape index (κ1) is 18.4. The molecule has 2 saturated heterocycles. The molecule has 3 rings (SSSR count). The highest BCUT2D eigenvalue weighted by molar-refractivity contribution is 5.75. The number of piperidine rings is 2. The highest BCUT2D eigenvalue weighted by atomic mass is 16.4. The smallest absolute Gasteiger partial charge is 0.317 e. The predicted octanol–water partition coefficient (Wildman–Crippen LogP) is 1.51. The molecule has 8 nitrogen and oxygen atoms in total. The molecule has 142 valence electrons. The SMILES string of the molecule is CCc1cc(N2CCCC(NC(=O)N3CCC(C(=O)O)CC3)C2)ncn1. The van der Waals surface area contributed by atoms with Crippen LogP contribution >= 0.6 is 0 Å². The van der Waals surface area contributed by atoms with Gasteiger partial charge in [-0.05, 0) is 32.1 Å². The van der Waals surface area contributed by atoms with Crippen molar-refractivity contribution in [3.8, 4) is 0 Å². The van der Waals surface area contributed by atoms with E-state index in [1.54, 1.807) is 11.2 Å². The minimum Gasteiger partial charge on any atom is -0.481 e. The first-order valence-electron chi connectivity index (χ1n) is 9.41. The van der Waals surface area contributed by atoms with Gasteiger partial charge in [0.15, 0.2) is 0 Å². The number of carbonyl (C=O) groups excluding carboxylic acids is 1. The summed E-state index contributed by atoms with van der Waals surface area (Å²) in [4.78, 5) is 36.1. The van der Waals surface area contributed by atoms with Gasteiger partial charge in [-0.2, -0.15) is 0 Å². The summed E-state index contributed by atoms with van der Waals surface area (Å²) < 4.78 is 0. The molecule has 0 radical (unpaired) electrons. The fourth-order valence-corrected chi connectivity index (χ4v) is 3.65. The van der Waals surface area contributed by atoms with E-state index in [2.05, 4.69) is 27.1 Å². The van der Waals surface area contributed by atoms with Crippen LogP contribution in [0.2, 0.25) is 0 Å². The third-order valence-corrected chi connectivity index (χ3v) is 5.28. The largest absolute Gasteiger partial charge is 0.481 e. The van der Waals surface area contributed by atoms with E-state index in [-0.39, 0.29) is 18.0 Å². The minimum absolute atomic E-state index is 0.0773. The lowest BCUT2D eigenvalue weighted by Crippen LogP contribution is -2.53. The van der Waals surface area contributed by atoms with Gasteiger partial charge >= 0.3 is 12.0 Å². The minimum atomic E-state index is -0.760. The lowest BCUT2D eigenvalue weighted by Gasteiger charge is -2.36. The van der Waals surface area contributed by atoms with Crippen molar-refractivity contribution in [3.05, 3.63) is 18.1 Å². The Kier molecular flexibility index (Phi) is 5.90. The second-order valence-corrected chi connectivity index (χ2v) is 7.06. The average molecular weight is 361 g/mol. The number of urea groups is 1. The Labute approximate surface area is 153 Å². The van der Waals surface area contributed by atoms with Crippen molar-refractivity contribution in [2.75, 3.05) is 31.1 Å². The second-order valence-electron chi connectivity index (χ2n) is 7.06. The molecule has 1 aromatic heterocycles. The van der Waals surface area contributed by atoms with E-state index in [1.165, 1.54) is 0 Å². The van der Waals surface area contributed by atoms with Gasteiger partial charge in [-0.15, -0.1) is 0 Å². The molecule has 0 aromatic carbocycles. The summed E-state index contributed by atoms with van der Waals surface area (Å²) in [5, 5.41) is 12.2. The number of hydrogen-bond acceptors (Lipinski definition) is 5. The number of nitrogens with one attached hydrogen (secondary N) is 1. The number of aliphatic carboxylic acids is 1. The van der Waals surface area contributed by atoms with Crippen molar-refractivity contribution in [2.45, 2.75) is 45.1 Å². The number of anilines is 1. The molecule has 0 aliphatic carbocycles. The molecule has 2 N–H and O–H groups in total. The Balaban J connectivity index is 1.53. The van der Waals surface area contributed by atoms with Gasteiger partial charge in [-0.25, -0.2) is 14.8 Å². The van der Waals surface area contributed by atoms with E-state index in [0.29, 0.717) is 25.9 Å². The van der Waals surface area contributed by atoms with Crippen molar-refractivity contribution >= 4 is 17.8 Å². The summed E-state index contributed by atoms with van der Waals surface area (Å²) in [7, 11) is 0. The Morgan fingerprint density at radius 2 is 2.00 bits per heavy atom. The molecule has 2 aliphatic heterocycles. The van der Waals surface area contributed by atoms with Crippen LogP contribution in [-0.2, 0) is 11.2 Å². The maximum Gasteiger partial charge on any atom is 0.317 e. The first-order chi connectivity index (χ1) is 12.6. The predicted molar refractivity (Wildman–Crippen MR) is 97.1 cm³/mol. The van der Waals surface area contributed by atoms with Gasteiger partial charge in [0.2, 0.25) is 0 Å². The Hall–Kier alpha value is -2.38. The van der Waals surface area contributed by atoms with Crippen LogP contribution in [-0.4, -0.2) is 64.2 Å². The van der Waals surface area contributed by atoms with Crippen molar-refractivity contribution in [3.63, 3.8) is 0 Å². The summed E-state index contributed by atoms with van der Waals surface area (Å²) in [6, 6.07) is 2.01. The summed E-state index contributed by atoms with van der Waals surface area (Å²) in [6.07, 6.45) is 5.47. The van der Waals surface area contributed by atoms with Gasteiger partial charge in [-0.3, -0.25) is 4.79 Å². The Bertz CT molecular complexity index is 645. The number of likely N-dealkylation sites (tertiary alicyclic amines) is 1. The van der Waals surface area contributed by atoms with Crippen molar-refractivity contribution in [1.82, 2.24) is 20.2 Å². The molecule has 0 bridgehead atoms. The molecular formula is C18H27N5O3. The summed E-state index contributed by atoms with van der Waals surface area (Å²) in [5.74, 6) is -0.169. The quantitative estimate of drug-likeness (QED) is 0.843. The highest BCUT2D eigenvalue weighted by Crippen LogP contribution is 2.20. The molecule has 2 amide bonds. The van der Waals surface area contributed by atoms with Gasteiger partial charge in [0.05, 0.1) is 5.92 Å². The van der Waals surface area contributed by atoms with Crippen LogP contribution in [0.1, 0.15) is 38.3 Å². The molecule has 26 heavy (non-hydrogen) atoms. The number of carboxylic acids is 1. The molecule has 2 aliphatic rings. The summed E-state index contributed by atoms with van der Waals surface area (Å²) >= 11 is 0. The standard InChI is InChI=1S/C18H27N5O3/c1-2-14-10-16(20-12-19-14)23-7-3-4-15(11-23)21-18(26)22-8-5-13(6-9-22)17(24)25/h10,12-13,15H,2-9,11H2,1H3,(H,21,26)(H,24,25). The van der Waals surface area contributed by atoms with Crippen molar-refractivity contribution in [1.29, 1.82) is 0 Å². The average Bonchev–Trinajstić information content (AvgIpc) is 2.68. The van der Waals surface area contributed by atoms with Gasteiger partial charge in [0.1, 0.15) is 12.1 Å². The maximum absolute atomic E-state index is 12.5. The summed E-state index contributed by atoms with van der Waals surface area (Å²) in [6.45, 7) is 4.74. The topological polar surface area (TPSA) is 98.7 Å². The molecule has 8 heteroatoms. The van der Waals surface area contributed by atoms with E-state index >= 15 is 0 Å². The second kappa shape index (κ2) is 8.33. The zero-order valence-electron chi connectivity index (χ0n) is 15.2. The number of aryl methyl sites for hydroxylation is 1.